The van der Waals surface area contributed by atoms with Crippen LogP contribution in [0.1, 0.15) is 12.0 Å². The molecule has 6 heteroatoms. The van der Waals surface area contributed by atoms with Crippen LogP contribution in [0.5, 0.6) is 11.5 Å². The highest BCUT2D eigenvalue weighted by Crippen LogP contribution is 2.26. The highest BCUT2D eigenvalue weighted by molar-refractivity contribution is 6.00. The summed E-state index contributed by atoms with van der Waals surface area (Å²) < 4.78 is 10.9. The van der Waals surface area contributed by atoms with Gasteiger partial charge in [0.2, 0.25) is 11.8 Å². The van der Waals surface area contributed by atoms with Crippen LogP contribution in [0, 0.1) is 12.8 Å². The van der Waals surface area contributed by atoms with Gasteiger partial charge in [0.1, 0.15) is 6.61 Å². The lowest BCUT2D eigenvalue weighted by molar-refractivity contribution is -0.126. The number of carbonyl (C=O) groups excluding carboxylic acids is 2. The quantitative estimate of drug-likeness (QED) is 0.763. The van der Waals surface area contributed by atoms with Crippen molar-refractivity contribution in [2.45, 2.75) is 13.3 Å². The number of nitrogens with one attached hydrogen (secondary N) is 1. The predicted molar refractivity (Wildman–Crippen MR) is 103 cm³/mol. The van der Waals surface area contributed by atoms with Crippen LogP contribution in [0.3, 0.4) is 0 Å². The van der Waals surface area contributed by atoms with Gasteiger partial charge < -0.3 is 19.7 Å². The molecule has 2 aromatic carbocycles. The molecule has 1 aliphatic rings. The Balaban J connectivity index is 1.47. The number of para-hydroxylation sites is 2. The summed E-state index contributed by atoms with van der Waals surface area (Å²) >= 11 is 0. The summed E-state index contributed by atoms with van der Waals surface area (Å²) in [7, 11) is 1.58. The van der Waals surface area contributed by atoms with Crippen molar-refractivity contribution in [1.82, 2.24) is 5.32 Å². The minimum absolute atomic E-state index is 0.0238. The first-order valence-corrected chi connectivity index (χ1v) is 8.99. The average Bonchev–Trinajstić information content (AvgIpc) is 3.08. The van der Waals surface area contributed by atoms with Crippen LogP contribution in [0.25, 0.3) is 0 Å². The van der Waals surface area contributed by atoms with E-state index in [9.17, 15) is 9.59 Å². The number of carbonyl (C=O) groups is 2. The molecule has 6 nitrogen and oxygen atoms in total. The lowest BCUT2D eigenvalue weighted by Gasteiger charge is -2.17. The lowest BCUT2D eigenvalue weighted by atomic mass is 10.1. The maximum atomic E-state index is 12.4. The summed E-state index contributed by atoms with van der Waals surface area (Å²) in [6, 6.07) is 15.1. The van der Waals surface area contributed by atoms with Gasteiger partial charge in [-0.3, -0.25) is 9.59 Å². The van der Waals surface area contributed by atoms with Gasteiger partial charge in [-0.2, -0.15) is 0 Å². The molecular weight excluding hydrogens is 344 g/mol. The van der Waals surface area contributed by atoms with Crippen molar-refractivity contribution in [3.63, 3.8) is 0 Å². The Bertz CT molecular complexity index is 804. The second-order valence-electron chi connectivity index (χ2n) is 6.53. The summed E-state index contributed by atoms with van der Waals surface area (Å²) in [5, 5.41) is 2.85. The molecule has 1 fully saturated rings. The van der Waals surface area contributed by atoms with E-state index in [0.717, 1.165) is 11.3 Å². The maximum Gasteiger partial charge on any atom is 0.227 e. The first-order chi connectivity index (χ1) is 13.1. The van der Waals surface area contributed by atoms with Crippen LogP contribution in [0.4, 0.5) is 5.69 Å². The number of ether oxygens (including phenoxy) is 2. The van der Waals surface area contributed by atoms with Crippen LogP contribution in [0.2, 0.25) is 0 Å². The molecule has 1 heterocycles. The zero-order valence-electron chi connectivity index (χ0n) is 15.6. The third-order valence-electron chi connectivity index (χ3n) is 4.57. The summed E-state index contributed by atoms with van der Waals surface area (Å²) in [5.41, 5.74) is 1.97. The van der Waals surface area contributed by atoms with E-state index in [1.165, 1.54) is 0 Å². The third-order valence-corrected chi connectivity index (χ3v) is 4.57. The van der Waals surface area contributed by atoms with Crippen molar-refractivity contribution in [1.29, 1.82) is 0 Å². The smallest absolute Gasteiger partial charge is 0.227 e. The maximum absolute atomic E-state index is 12.4. The largest absolute Gasteiger partial charge is 0.493 e. The zero-order valence-corrected chi connectivity index (χ0v) is 15.6. The van der Waals surface area contributed by atoms with Crippen molar-refractivity contribution in [2.24, 2.45) is 5.92 Å². The van der Waals surface area contributed by atoms with Gasteiger partial charge in [0.05, 0.1) is 19.6 Å². The number of rotatable bonds is 7. The second kappa shape index (κ2) is 8.58. The van der Waals surface area contributed by atoms with E-state index in [-0.39, 0.29) is 24.2 Å². The summed E-state index contributed by atoms with van der Waals surface area (Å²) in [4.78, 5) is 26.3. The number of nitrogens with zero attached hydrogens (tertiary/aromatic N) is 1. The van der Waals surface area contributed by atoms with E-state index in [0.29, 0.717) is 31.2 Å². The molecule has 1 aliphatic heterocycles. The van der Waals surface area contributed by atoms with Crippen molar-refractivity contribution in [3.05, 3.63) is 54.1 Å². The Morgan fingerprint density at radius 1 is 1.15 bits per heavy atom. The van der Waals surface area contributed by atoms with Gasteiger partial charge in [0.25, 0.3) is 0 Å². The molecule has 1 saturated heterocycles. The number of amides is 2. The fraction of sp³-hybridized carbons (Fsp3) is 0.333. The van der Waals surface area contributed by atoms with E-state index in [1.807, 2.05) is 55.5 Å². The first kappa shape index (κ1) is 18.8. The topological polar surface area (TPSA) is 67.9 Å². The molecule has 1 unspecified atom stereocenters. The number of aryl methyl sites for hydroxylation is 1. The van der Waals surface area contributed by atoms with Gasteiger partial charge in [-0.05, 0) is 31.2 Å². The molecule has 1 atom stereocenters. The van der Waals surface area contributed by atoms with Crippen molar-refractivity contribution in [3.8, 4) is 11.5 Å². The Labute approximate surface area is 159 Å². The fourth-order valence-corrected chi connectivity index (χ4v) is 3.08. The first-order valence-electron chi connectivity index (χ1n) is 8.99. The van der Waals surface area contributed by atoms with E-state index < -0.39 is 0 Å². The van der Waals surface area contributed by atoms with Gasteiger partial charge in [0, 0.05) is 18.7 Å². The van der Waals surface area contributed by atoms with Gasteiger partial charge in [0.15, 0.2) is 11.5 Å². The molecule has 0 radical (unpaired) electrons. The van der Waals surface area contributed by atoms with Crippen molar-refractivity contribution >= 4 is 17.5 Å². The number of methoxy groups -OCH3 is 1. The Hall–Kier alpha value is -3.02. The molecule has 0 saturated carbocycles. The molecule has 2 aromatic rings. The SMILES string of the molecule is COc1ccccc1OCCNC(=O)C1CC(=O)N(c2ccc(C)cc2)C1. The highest BCUT2D eigenvalue weighted by atomic mass is 16.5. The number of hydrogen-bond acceptors (Lipinski definition) is 4. The molecule has 142 valence electrons. The zero-order chi connectivity index (χ0) is 19.2. The summed E-state index contributed by atoms with van der Waals surface area (Å²) in [5.74, 6) is 0.797. The number of hydrogen-bond donors (Lipinski definition) is 1. The Morgan fingerprint density at radius 2 is 1.85 bits per heavy atom. The average molecular weight is 368 g/mol. The van der Waals surface area contributed by atoms with Crippen LogP contribution < -0.4 is 19.7 Å². The van der Waals surface area contributed by atoms with Crippen molar-refractivity contribution in [2.75, 3.05) is 31.7 Å². The number of benzene rings is 2. The Morgan fingerprint density at radius 3 is 2.56 bits per heavy atom. The Kier molecular flexibility index (Phi) is 5.96. The van der Waals surface area contributed by atoms with E-state index >= 15 is 0 Å². The monoisotopic (exact) mass is 368 g/mol. The summed E-state index contributed by atoms with van der Waals surface area (Å²) in [6.45, 7) is 3.10. The minimum Gasteiger partial charge on any atom is -0.493 e. The van der Waals surface area contributed by atoms with Crippen LogP contribution in [-0.4, -0.2) is 38.6 Å². The highest BCUT2D eigenvalue weighted by Gasteiger charge is 2.34. The van der Waals surface area contributed by atoms with Crippen LogP contribution in [0.15, 0.2) is 48.5 Å². The van der Waals surface area contributed by atoms with Crippen LogP contribution in [-0.2, 0) is 9.59 Å². The van der Waals surface area contributed by atoms with E-state index in [4.69, 9.17) is 9.47 Å². The van der Waals surface area contributed by atoms with E-state index in [2.05, 4.69) is 5.32 Å². The molecular formula is C21H24N2O4. The normalized spacial score (nSPS) is 16.3. The molecule has 3 rings (SSSR count). The number of anilines is 1. The molecule has 0 bridgehead atoms. The molecule has 1 N–H and O–H groups in total. The molecule has 0 aromatic heterocycles. The molecule has 0 aliphatic carbocycles. The van der Waals surface area contributed by atoms with Gasteiger partial charge in [-0.15, -0.1) is 0 Å². The van der Waals surface area contributed by atoms with Crippen molar-refractivity contribution < 1.29 is 19.1 Å². The molecule has 0 spiro atoms. The van der Waals surface area contributed by atoms with Crippen LogP contribution >= 0.6 is 0 Å². The third kappa shape index (κ3) is 4.58. The van der Waals surface area contributed by atoms with E-state index in [1.54, 1.807) is 12.0 Å². The predicted octanol–water partition coefficient (Wildman–Crippen LogP) is 2.55. The van der Waals surface area contributed by atoms with Gasteiger partial charge >= 0.3 is 0 Å². The second-order valence-corrected chi connectivity index (χ2v) is 6.53. The molecule has 2 amide bonds. The lowest BCUT2D eigenvalue weighted by Crippen LogP contribution is -2.35. The van der Waals surface area contributed by atoms with Gasteiger partial charge in [-0.1, -0.05) is 29.8 Å². The minimum atomic E-state index is -0.343. The standard InChI is InChI=1S/C21H24N2O4/c1-15-7-9-17(10-8-15)23-14-16(13-20(23)24)21(25)22-11-12-27-19-6-4-3-5-18(19)26-2/h3-10,16H,11-14H2,1-2H3,(H,22,25). The van der Waals surface area contributed by atoms with Gasteiger partial charge in [-0.25, -0.2) is 0 Å². The fourth-order valence-electron chi connectivity index (χ4n) is 3.08. The molecule has 27 heavy (non-hydrogen) atoms. The summed E-state index contributed by atoms with van der Waals surface area (Å²) in [6.07, 6.45) is 0.229.